The summed E-state index contributed by atoms with van der Waals surface area (Å²) < 4.78 is 4.27. The fourth-order valence-corrected chi connectivity index (χ4v) is 2.95. The number of H-pyrrole nitrogens is 1. The average molecular weight is 341 g/mol. The number of fused-ring (bicyclic) bond motifs is 1. The fourth-order valence-electron chi connectivity index (χ4n) is 2.26. The van der Waals surface area contributed by atoms with Gasteiger partial charge in [-0.15, -0.1) is 23.2 Å². The van der Waals surface area contributed by atoms with Crippen LogP contribution in [0.4, 0.5) is 0 Å². The number of nitrogens with one attached hydrogen (secondary N) is 1. The molecule has 0 aliphatic heterocycles. The highest BCUT2D eigenvalue weighted by Crippen LogP contribution is 2.64. The van der Waals surface area contributed by atoms with Crippen molar-refractivity contribution in [1.82, 2.24) is 9.97 Å². The van der Waals surface area contributed by atoms with Gasteiger partial charge in [0.2, 0.25) is 0 Å². The molecule has 5 nitrogen and oxygen atoms in total. The van der Waals surface area contributed by atoms with Gasteiger partial charge in [0.25, 0.3) is 5.56 Å². The van der Waals surface area contributed by atoms with E-state index in [2.05, 4.69) is 9.97 Å². The minimum atomic E-state index is -1.09. The lowest BCUT2D eigenvalue weighted by Gasteiger charge is -2.17. The number of esters is 1. The van der Waals surface area contributed by atoms with Gasteiger partial charge in [-0.3, -0.25) is 9.59 Å². The molecule has 0 unspecified atom stereocenters. The van der Waals surface area contributed by atoms with Gasteiger partial charge in [-0.05, 0) is 26.0 Å². The Balaban J connectivity index is 1.86. The minimum Gasteiger partial charge on any atom is -0.454 e. The van der Waals surface area contributed by atoms with E-state index in [0.717, 1.165) is 0 Å². The van der Waals surface area contributed by atoms with Crippen LogP contribution in [0.1, 0.15) is 32.2 Å². The van der Waals surface area contributed by atoms with E-state index in [0.29, 0.717) is 17.3 Å². The summed E-state index contributed by atoms with van der Waals surface area (Å²) in [6.45, 7) is 3.29. The first kappa shape index (κ1) is 15.3. The zero-order chi connectivity index (χ0) is 16.1. The lowest BCUT2D eigenvalue weighted by Crippen LogP contribution is -2.24. The molecule has 1 aromatic carbocycles. The Kier molecular flexibility index (Phi) is 3.45. The van der Waals surface area contributed by atoms with Crippen LogP contribution < -0.4 is 5.56 Å². The quantitative estimate of drug-likeness (QED) is 0.688. The zero-order valence-corrected chi connectivity index (χ0v) is 13.5. The molecule has 0 bridgehead atoms. The van der Waals surface area contributed by atoms with Gasteiger partial charge < -0.3 is 9.72 Å². The maximum absolute atomic E-state index is 12.2. The number of benzene rings is 1. The van der Waals surface area contributed by atoms with Crippen molar-refractivity contribution in [3.05, 3.63) is 40.4 Å². The largest absolute Gasteiger partial charge is 0.454 e. The summed E-state index contributed by atoms with van der Waals surface area (Å²) >= 11 is 11.9. The number of hydrogen-bond donors (Lipinski definition) is 1. The molecule has 1 aliphatic rings. The number of aromatic amines is 1. The molecular weight excluding hydrogens is 327 g/mol. The normalized spacial score (nSPS) is 24.0. The number of aromatic nitrogens is 2. The molecule has 2 atom stereocenters. The number of alkyl halides is 2. The molecule has 1 heterocycles. The van der Waals surface area contributed by atoms with Gasteiger partial charge in [-0.2, -0.15) is 0 Å². The van der Waals surface area contributed by atoms with Crippen molar-refractivity contribution in [2.45, 2.75) is 30.7 Å². The molecule has 1 fully saturated rings. The predicted molar refractivity (Wildman–Crippen MR) is 84.0 cm³/mol. The predicted octanol–water partition coefficient (Wildman–Crippen LogP) is 3.11. The van der Waals surface area contributed by atoms with Gasteiger partial charge in [0.1, 0.15) is 9.75 Å². The van der Waals surface area contributed by atoms with Gasteiger partial charge in [-0.1, -0.05) is 12.1 Å². The van der Waals surface area contributed by atoms with Gasteiger partial charge in [0.15, 0.2) is 11.9 Å². The Morgan fingerprint density at radius 3 is 2.68 bits per heavy atom. The van der Waals surface area contributed by atoms with E-state index in [4.69, 9.17) is 27.9 Å². The van der Waals surface area contributed by atoms with Crippen molar-refractivity contribution in [1.29, 1.82) is 0 Å². The van der Waals surface area contributed by atoms with Gasteiger partial charge in [0, 0.05) is 6.42 Å². The molecule has 1 aliphatic carbocycles. The molecule has 0 saturated heterocycles. The lowest BCUT2D eigenvalue weighted by atomic mass is 10.1. The highest BCUT2D eigenvalue weighted by molar-refractivity contribution is 6.53. The van der Waals surface area contributed by atoms with Crippen LogP contribution in [0.2, 0.25) is 0 Å². The van der Waals surface area contributed by atoms with Crippen LogP contribution in [-0.4, -0.2) is 20.3 Å². The number of carbonyl (C=O) groups excluding carboxylic acids is 1. The van der Waals surface area contributed by atoms with Crippen molar-refractivity contribution in [2.75, 3.05) is 0 Å². The molecule has 0 amide bonds. The molecule has 0 spiro atoms. The summed E-state index contributed by atoms with van der Waals surface area (Å²) in [6.07, 6.45) is -0.359. The summed E-state index contributed by atoms with van der Waals surface area (Å²) in [7, 11) is 0. The van der Waals surface area contributed by atoms with Gasteiger partial charge >= 0.3 is 5.97 Å². The van der Waals surface area contributed by atoms with Crippen LogP contribution >= 0.6 is 23.2 Å². The molecule has 7 heteroatoms. The van der Waals surface area contributed by atoms with E-state index in [1.54, 1.807) is 38.1 Å². The van der Waals surface area contributed by atoms with Crippen LogP contribution in [0, 0.1) is 5.41 Å². The molecule has 2 aromatic rings. The molecular formula is C15H14Cl2N2O3. The van der Waals surface area contributed by atoms with E-state index in [1.165, 1.54) is 0 Å². The lowest BCUT2D eigenvalue weighted by molar-refractivity contribution is -0.155. The van der Waals surface area contributed by atoms with E-state index >= 15 is 0 Å². The molecule has 116 valence electrons. The number of nitrogens with zero attached hydrogens (tertiary/aromatic N) is 1. The third kappa shape index (κ3) is 2.38. The summed E-state index contributed by atoms with van der Waals surface area (Å²) in [5, 5.41) is 0.486. The van der Waals surface area contributed by atoms with Crippen LogP contribution in [0.5, 0.6) is 0 Å². The maximum Gasteiger partial charge on any atom is 0.315 e. The molecule has 0 radical (unpaired) electrons. The van der Waals surface area contributed by atoms with E-state index < -0.39 is 21.8 Å². The number of halogens is 2. The van der Waals surface area contributed by atoms with E-state index in [-0.39, 0.29) is 11.4 Å². The summed E-state index contributed by atoms with van der Waals surface area (Å²) in [6, 6.07) is 6.96. The Morgan fingerprint density at radius 1 is 1.41 bits per heavy atom. The fraction of sp³-hybridized carbons (Fsp3) is 0.400. The maximum atomic E-state index is 12.2. The summed E-state index contributed by atoms with van der Waals surface area (Å²) in [5.41, 5.74) is -0.641. The second-order valence-electron chi connectivity index (χ2n) is 5.73. The number of para-hydroxylation sites is 1. The first-order chi connectivity index (χ1) is 10.2. The third-order valence-corrected chi connectivity index (χ3v) is 5.11. The van der Waals surface area contributed by atoms with Crippen LogP contribution in [-0.2, 0) is 9.53 Å². The number of ether oxygens (including phenoxy) is 1. The monoisotopic (exact) mass is 340 g/mol. The highest BCUT2D eigenvalue weighted by atomic mass is 35.5. The van der Waals surface area contributed by atoms with Crippen molar-refractivity contribution in [3.8, 4) is 0 Å². The molecule has 1 aromatic heterocycles. The van der Waals surface area contributed by atoms with Crippen molar-refractivity contribution >= 4 is 40.1 Å². The number of hydrogen-bond acceptors (Lipinski definition) is 4. The Bertz CT molecular complexity index is 818. The SMILES string of the molecule is C[C@H](OC(=O)[C@]1(C)CC1(Cl)Cl)c1nc2ccccc2c(=O)[nH]1. The minimum absolute atomic E-state index is 0.273. The average Bonchev–Trinajstić information content (AvgIpc) is 2.99. The first-order valence-corrected chi connectivity index (χ1v) is 7.58. The second-order valence-corrected chi connectivity index (χ2v) is 7.21. The second kappa shape index (κ2) is 4.96. The van der Waals surface area contributed by atoms with Crippen LogP contribution in [0.3, 0.4) is 0 Å². The third-order valence-electron chi connectivity index (χ3n) is 4.01. The highest BCUT2D eigenvalue weighted by Gasteiger charge is 2.69. The van der Waals surface area contributed by atoms with Gasteiger partial charge in [0.05, 0.1) is 10.9 Å². The zero-order valence-electron chi connectivity index (χ0n) is 12.0. The van der Waals surface area contributed by atoms with E-state index in [1.807, 2.05) is 0 Å². The van der Waals surface area contributed by atoms with Crippen molar-refractivity contribution in [3.63, 3.8) is 0 Å². The molecule has 22 heavy (non-hydrogen) atoms. The Hall–Kier alpha value is -1.59. The number of carbonyl (C=O) groups is 1. The topological polar surface area (TPSA) is 72.0 Å². The summed E-state index contributed by atoms with van der Waals surface area (Å²) in [4.78, 5) is 31.2. The standard InChI is InChI=1S/C15H14Cl2N2O3/c1-8(22-13(21)14(2)7-15(14,16)17)11-18-10-6-4-3-5-9(10)12(20)19-11/h3-6,8H,7H2,1-2H3,(H,18,19,20)/t8-,14-/m0/s1. The smallest absolute Gasteiger partial charge is 0.315 e. The van der Waals surface area contributed by atoms with Crippen LogP contribution in [0.25, 0.3) is 10.9 Å². The van der Waals surface area contributed by atoms with Crippen molar-refractivity contribution in [2.24, 2.45) is 5.41 Å². The summed E-state index contributed by atoms with van der Waals surface area (Å²) in [5.74, 6) is -0.211. The van der Waals surface area contributed by atoms with Gasteiger partial charge in [-0.25, -0.2) is 4.98 Å². The Morgan fingerprint density at radius 2 is 2.05 bits per heavy atom. The Labute approximate surface area is 136 Å². The molecule has 1 saturated carbocycles. The first-order valence-electron chi connectivity index (χ1n) is 6.82. The number of rotatable bonds is 3. The van der Waals surface area contributed by atoms with E-state index in [9.17, 15) is 9.59 Å². The molecule has 1 N–H and O–H groups in total. The van der Waals surface area contributed by atoms with Crippen LogP contribution in [0.15, 0.2) is 29.1 Å². The van der Waals surface area contributed by atoms with Crippen molar-refractivity contribution < 1.29 is 9.53 Å². The molecule has 3 rings (SSSR count).